The van der Waals surface area contributed by atoms with Gasteiger partial charge in [-0.1, -0.05) is 18.7 Å². The summed E-state index contributed by atoms with van der Waals surface area (Å²) in [5.41, 5.74) is 0. The van der Waals surface area contributed by atoms with Crippen molar-refractivity contribution in [2.45, 2.75) is 10.4 Å². The van der Waals surface area contributed by atoms with Crippen LogP contribution in [0.3, 0.4) is 0 Å². The fourth-order valence-corrected chi connectivity index (χ4v) is 4.76. The third-order valence-electron chi connectivity index (χ3n) is 1.58. The lowest BCUT2D eigenvalue weighted by Gasteiger charge is -1.92. The summed E-state index contributed by atoms with van der Waals surface area (Å²) < 4.78 is 10.2. The Morgan fingerprint density at radius 3 is 2.44 bits per heavy atom. The van der Waals surface area contributed by atoms with Crippen LogP contribution in [0.25, 0.3) is 0 Å². The fourth-order valence-electron chi connectivity index (χ4n) is 0.911. The molecule has 88 valence electrons. The molecule has 0 atom stereocenters. The summed E-state index contributed by atoms with van der Waals surface area (Å²) in [5, 5.41) is 0. The maximum atomic E-state index is 11.5. The molecule has 0 fully saturated rings. The molecule has 1 heterocycles. The van der Waals surface area contributed by atoms with E-state index in [1.54, 1.807) is 11.8 Å². The summed E-state index contributed by atoms with van der Waals surface area (Å²) in [6.45, 7) is 2.01. The average molecular weight is 279 g/mol. The van der Waals surface area contributed by atoms with Crippen LogP contribution in [0.1, 0.15) is 26.3 Å². The summed E-state index contributed by atoms with van der Waals surface area (Å²) >= 11 is 4.12. The molecule has 7 heteroatoms. The lowest BCUT2D eigenvalue weighted by atomic mass is 10.4. The van der Waals surface area contributed by atoms with Gasteiger partial charge < -0.3 is 9.47 Å². The smallest absolute Gasteiger partial charge is 0.375 e. The predicted octanol–water partition coefficient (Wildman–Crippen LogP) is 2.78. The summed E-state index contributed by atoms with van der Waals surface area (Å²) in [6, 6.07) is 0. The monoisotopic (exact) mass is 279 g/mol. The third-order valence-corrected chi connectivity index (χ3v) is 5.42. The van der Waals surface area contributed by atoms with Crippen molar-refractivity contribution in [2.75, 3.05) is 20.0 Å². The van der Waals surface area contributed by atoms with Crippen molar-refractivity contribution in [1.82, 2.24) is 0 Å². The van der Waals surface area contributed by atoms with E-state index in [1.165, 1.54) is 36.9 Å². The van der Waals surface area contributed by atoms with E-state index in [-0.39, 0.29) is 0 Å². The Labute approximate surface area is 106 Å². The molecule has 0 aromatic carbocycles. The van der Waals surface area contributed by atoms with Crippen LogP contribution in [-0.4, -0.2) is 31.9 Å². The lowest BCUT2D eigenvalue weighted by molar-refractivity contribution is 0.0564. The first-order valence-corrected chi connectivity index (χ1v) is 7.02. The Morgan fingerprint density at radius 1 is 1.31 bits per heavy atom. The van der Waals surface area contributed by atoms with E-state index in [2.05, 4.69) is 9.47 Å². The molecule has 1 rings (SSSR count). The van der Waals surface area contributed by atoms with Crippen LogP contribution in [0.4, 0.5) is 0 Å². The fraction of sp³-hybridized carbons (Fsp3) is 0.444. The minimum atomic E-state index is -0.496. The molecule has 1 aromatic rings. The Hall–Kier alpha value is -0.660. The zero-order valence-corrected chi connectivity index (χ0v) is 11.5. The maximum Gasteiger partial charge on any atom is 0.375 e. The minimum absolute atomic E-state index is 0.315. The molecular weight excluding hydrogens is 268 g/mol. The Kier molecular flexibility index (Phi) is 5.17. The van der Waals surface area contributed by atoms with Gasteiger partial charge in [-0.3, -0.25) is 0 Å². The highest BCUT2D eigenvalue weighted by molar-refractivity contribution is 8.03. The molecule has 0 aliphatic rings. The van der Waals surface area contributed by atoms with Crippen LogP contribution < -0.4 is 0 Å². The van der Waals surface area contributed by atoms with Gasteiger partial charge in [0.2, 0.25) is 0 Å². The van der Waals surface area contributed by atoms with Gasteiger partial charge in [0, 0.05) is 5.75 Å². The molecule has 0 unspecified atom stereocenters. The van der Waals surface area contributed by atoms with Gasteiger partial charge in [-0.2, -0.15) is 0 Å². The molecule has 0 bridgehead atoms. The standard InChI is InChI=1S/C9H11O4S3/c1-4-14-9-15-5(7(10)12-2)6(16-9)8(11)13-3/h4H2,1-3H3/q+1. The molecule has 0 N–H and O–H groups in total. The van der Waals surface area contributed by atoms with Gasteiger partial charge in [0.25, 0.3) is 9.75 Å². The van der Waals surface area contributed by atoms with Crippen molar-refractivity contribution in [1.29, 1.82) is 0 Å². The van der Waals surface area contributed by atoms with Crippen LogP contribution in [0.2, 0.25) is 0 Å². The van der Waals surface area contributed by atoms with Crippen LogP contribution in [-0.2, 0) is 9.47 Å². The first kappa shape index (κ1) is 13.4. The Bertz CT molecular complexity index is 366. The Morgan fingerprint density at radius 2 is 1.94 bits per heavy atom. The van der Waals surface area contributed by atoms with E-state index in [0.717, 1.165) is 9.28 Å². The highest BCUT2D eigenvalue weighted by Gasteiger charge is 2.34. The zero-order chi connectivity index (χ0) is 12.1. The molecule has 1 aromatic heterocycles. The molecule has 0 aliphatic carbocycles. The number of ether oxygens (including phenoxy) is 2. The molecule has 0 spiro atoms. The summed E-state index contributed by atoms with van der Waals surface area (Å²) in [5.74, 6) is -0.104. The second-order valence-electron chi connectivity index (χ2n) is 2.53. The van der Waals surface area contributed by atoms with Crippen molar-refractivity contribution in [3.63, 3.8) is 0 Å². The SMILES string of the molecule is CCSc1sc(C(=O)OC)c(C(=O)OC)[s+]1. The van der Waals surface area contributed by atoms with E-state index < -0.39 is 11.9 Å². The van der Waals surface area contributed by atoms with E-state index in [1.807, 2.05) is 6.92 Å². The zero-order valence-electron chi connectivity index (χ0n) is 9.06. The van der Waals surface area contributed by atoms with Crippen molar-refractivity contribution in [2.24, 2.45) is 0 Å². The highest BCUT2D eigenvalue weighted by Crippen LogP contribution is 2.37. The van der Waals surface area contributed by atoms with Crippen LogP contribution in [0, 0.1) is 0 Å². The number of rotatable bonds is 4. The van der Waals surface area contributed by atoms with Crippen molar-refractivity contribution < 1.29 is 19.1 Å². The van der Waals surface area contributed by atoms with Gasteiger partial charge in [-0.15, -0.1) is 0 Å². The maximum absolute atomic E-state index is 11.5. The van der Waals surface area contributed by atoms with Crippen molar-refractivity contribution in [3.8, 4) is 0 Å². The Balaban J connectivity index is 3.12. The van der Waals surface area contributed by atoms with Crippen LogP contribution in [0.5, 0.6) is 0 Å². The minimum Gasteiger partial charge on any atom is -0.463 e. The van der Waals surface area contributed by atoms with E-state index in [0.29, 0.717) is 9.75 Å². The number of thioether (sulfide) groups is 1. The predicted molar refractivity (Wildman–Crippen MR) is 65.7 cm³/mol. The first-order valence-electron chi connectivity index (χ1n) is 4.40. The summed E-state index contributed by atoms with van der Waals surface area (Å²) in [4.78, 5) is 23.5. The molecule has 0 saturated carbocycles. The van der Waals surface area contributed by atoms with Gasteiger partial charge in [0.1, 0.15) is 22.7 Å². The number of carbonyl (C=O) groups is 2. The van der Waals surface area contributed by atoms with Gasteiger partial charge >= 0.3 is 15.5 Å². The van der Waals surface area contributed by atoms with Crippen molar-refractivity contribution >= 4 is 46.4 Å². The van der Waals surface area contributed by atoms with Gasteiger partial charge in [-0.25, -0.2) is 9.59 Å². The molecule has 0 amide bonds. The molecule has 0 radical (unpaired) electrons. The summed E-state index contributed by atoms with van der Waals surface area (Å²) in [6.07, 6.45) is 0. The first-order chi connectivity index (χ1) is 7.63. The molecular formula is C9H11O4S3+. The largest absolute Gasteiger partial charge is 0.463 e. The van der Waals surface area contributed by atoms with Gasteiger partial charge in [0.15, 0.2) is 0 Å². The van der Waals surface area contributed by atoms with Crippen molar-refractivity contribution in [3.05, 3.63) is 9.75 Å². The molecule has 4 nitrogen and oxygen atoms in total. The van der Waals surface area contributed by atoms with Gasteiger partial charge in [0.05, 0.1) is 14.2 Å². The second kappa shape index (κ2) is 6.17. The summed E-state index contributed by atoms with van der Waals surface area (Å²) in [7, 11) is 2.58. The topological polar surface area (TPSA) is 52.6 Å². The average Bonchev–Trinajstić information content (AvgIpc) is 2.71. The van der Waals surface area contributed by atoms with Crippen LogP contribution in [0.15, 0.2) is 3.52 Å². The number of esters is 2. The number of carbonyl (C=O) groups excluding carboxylic acids is 2. The number of methoxy groups -OCH3 is 2. The molecule has 0 aliphatic heterocycles. The lowest BCUT2D eigenvalue weighted by Crippen LogP contribution is -2.07. The van der Waals surface area contributed by atoms with E-state index in [9.17, 15) is 9.59 Å². The molecule has 0 saturated heterocycles. The molecule has 16 heavy (non-hydrogen) atoms. The quantitative estimate of drug-likeness (QED) is 0.482. The second-order valence-corrected chi connectivity index (χ2v) is 6.62. The van der Waals surface area contributed by atoms with Gasteiger partial charge in [-0.05, 0) is 0 Å². The van der Waals surface area contributed by atoms with E-state index >= 15 is 0 Å². The number of hydrogen-bond acceptors (Lipinski definition) is 6. The third kappa shape index (κ3) is 2.93. The van der Waals surface area contributed by atoms with Crippen LogP contribution >= 0.6 is 34.4 Å². The number of hydrogen-bond donors (Lipinski definition) is 0. The normalized spacial score (nSPS) is 9.94. The highest BCUT2D eigenvalue weighted by atomic mass is 32.2. The van der Waals surface area contributed by atoms with E-state index in [4.69, 9.17) is 0 Å².